The number of hydrogen-bond acceptors (Lipinski definition) is 2. The number of nitrogens with zero attached hydrogens (tertiary/aromatic N) is 3. The summed E-state index contributed by atoms with van der Waals surface area (Å²) in [6, 6.07) is 4.20. The van der Waals surface area contributed by atoms with E-state index in [9.17, 15) is 0 Å². The van der Waals surface area contributed by atoms with Crippen LogP contribution in [0.2, 0.25) is 0 Å². The van der Waals surface area contributed by atoms with Crippen LogP contribution in [0.15, 0.2) is 34.0 Å². The van der Waals surface area contributed by atoms with E-state index in [1.807, 2.05) is 42.8 Å². The number of halogens is 2. The second kappa shape index (κ2) is 7.09. The molecule has 0 aromatic carbocycles. The summed E-state index contributed by atoms with van der Waals surface area (Å²) in [7, 11) is 0. The maximum absolute atomic E-state index is 5.74. The van der Waals surface area contributed by atoms with E-state index in [0.717, 1.165) is 15.8 Å². The quantitative estimate of drug-likeness (QED) is 0.440. The van der Waals surface area contributed by atoms with Gasteiger partial charge in [0.2, 0.25) is 0 Å². The number of guanidine groups is 1. The Hall–Kier alpha value is -0.830. The Kier molecular flexibility index (Phi) is 6.05. The average Bonchev–Trinajstić information content (AvgIpc) is 2.67. The molecule has 0 bridgehead atoms. The van der Waals surface area contributed by atoms with Crippen molar-refractivity contribution in [2.75, 3.05) is 0 Å². The first-order valence-electron chi connectivity index (χ1n) is 5.74. The molecular weight excluding hydrogens is 421 g/mol. The molecule has 0 saturated heterocycles. The minimum absolute atomic E-state index is 0. The minimum atomic E-state index is 0. The van der Waals surface area contributed by atoms with Gasteiger partial charge in [-0.2, -0.15) is 0 Å². The van der Waals surface area contributed by atoms with Gasteiger partial charge in [-0.25, -0.2) is 9.98 Å². The van der Waals surface area contributed by atoms with Crippen LogP contribution in [-0.2, 0) is 6.54 Å². The minimum Gasteiger partial charge on any atom is -0.370 e. The summed E-state index contributed by atoms with van der Waals surface area (Å²) >= 11 is 3.42. The van der Waals surface area contributed by atoms with Crippen LogP contribution in [0.5, 0.6) is 0 Å². The molecule has 0 fully saturated rings. The summed E-state index contributed by atoms with van der Waals surface area (Å²) in [6.07, 6.45) is 3.91. The Bertz CT molecular complexity index is 579. The first-order chi connectivity index (χ1) is 8.54. The van der Waals surface area contributed by atoms with Gasteiger partial charge in [-0.15, -0.1) is 24.0 Å². The number of aromatic nitrogens is 2. The second-order valence-corrected chi connectivity index (χ2v) is 5.26. The Balaban J connectivity index is 0.00000180. The lowest BCUT2D eigenvalue weighted by Gasteiger charge is -2.07. The van der Waals surface area contributed by atoms with Gasteiger partial charge in [0.25, 0.3) is 0 Å². The molecule has 0 amide bonds. The van der Waals surface area contributed by atoms with Crippen LogP contribution in [0.1, 0.15) is 19.5 Å². The number of rotatable bonds is 3. The van der Waals surface area contributed by atoms with Gasteiger partial charge in [-0.3, -0.25) is 0 Å². The van der Waals surface area contributed by atoms with Crippen molar-refractivity contribution in [3.63, 3.8) is 0 Å². The van der Waals surface area contributed by atoms with Crippen molar-refractivity contribution in [2.45, 2.75) is 26.4 Å². The molecule has 0 saturated carbocycles. The van der Waals surface area contributed by atoms with Crippen molar-refractivity contribution >= 4 is 51.5 Å². The zero-order valence-electron chi connectivity index (χ0n) is 10.8. The maximum Gasteiger partial charge on any atom is 0.189 e. The van der Waals surface area contributed by atoms with Crippen molar-refractivity contribution in [1.29, 1.82) is 0 Å². The van der Waals surface area contributed by atoms with Gasteiger partial charge in [0.05, 0.1) is 12.2 Å². The third-order valence-electron chi connectivity index (χ3n) is 2.31. The van der Waals surface area contributed by atoms with E-state index in [1.54, 1.807) is 0 Å². The zero-order valence-corrected chi connectivity index (χ0v) is 14.7. The molecule has 0 aliphatic rings. The van der Waals surface area contributed by atoms with Crippen molar-refractivity contribution in [3.05, 3.63) is 34.7 Å². The molecule has 5 nitrogen and oxygen atoms in total. The van der Waals surface area contributed by atoms with Gasteiger partial charge in [0.15, 0.2) is 5.96 Å². The highest BCUT2D eigenvalue weighted by Gasteiger charge is 2.02. The molecular formula is C12H17BrIN5. The summed E-state index contributed by atoms with van der Waals surface area (Å²) in [4.78, 5) is 8.70. The molecule has 104 valence electrons. The van der Waals surface area contributed by atoms with Gasteiger partial charge in [-0.1, -0.05) is 0 Å². The second-order valence-electron chi connectivity index (χ2n) is 4.35. The molecule has 7 heteroatoms. The van der Waals surface area contributed by atoms with E-state index >= 15 is 0 Å². The van der Waals surface area contributed by atoms with E-state index in [4.69, 9.17) is 5.73 Å². The Morgan fingerprint density at radius 2 is 2.21 bits per heavy atom. The topological polar surface area (TPSA) is 67.7 Å². The van der Waals surface area contributed by atoms with Crippen LogP contribution < -0.4 is 11.1 Å². The average molecular weight is 438 g/mol. The van der Waals surface area contributed by atoms with E-state index < -0.39 is 0 Å². The first kappa shape index (κ1) is 16.2. The van der Waals surface area contributed by atoms with Crippen molar-refractivity contribution in [3.8, 4) is 0 Å². The zero-order chi connectivity index (χ0) is 13.1. The number of fused-ring (bicyclic) bond motifs is 1. The fraction of sp³-hybridized carbons (Fsp3) is 0.333. The van der Waals surface area contributed by atoms with Gasteiger partial charge in [0.1, 0.15) is 5.65 Å². The molecule has 0 aliphatic heterocycles. The van der Waals surface area contributed by atoms with Crippen LogP contribution in [0.3, 0.4) is 0 Å². The smallest absolute Gasteiger partial charge is 0.189 e. The van der Waals surface area contributed by atoms with Crippen molar-refractivity contribution in [2.24, 2.45) is 10.7 Å². The molecule has 2 rings (SSSR count). The summed E-state index contributed by atoms with van der Waals surface area (Å²) in [6.45, 7) is 4.51. The van der Waals surface area contributed by atoms with E-state index in [0.29, 0.717) is 12.5 Å². The molecule has 0 radical (unpaired) electrons. The molecule has 0 spiro atoms. The molecule has 0 atom stereocenters. The lowest BCUT2D eigenvalue weighted by Crippen LogP contribution is -2.36. The summed E-state index contributed by atoms with van der Waals surface area (Å²) in [5.41, 5.74) is 7.53. The predicted molar refractivity (Wildman–Crippen MR) is 91.9 cm³/mol. The van der Waals surface area contributed by atoms with E-state index in [2.05, 4.69) is 31.2 Å². The van der Waals surface area contributed by atoms with Gasteiger partial charge in [-0.05, 0) is 41.9 Å². The Morgan fingerprint density at radius 1 is 1.47 bits per heavy atom. The van der Waals surface area contributed by atoms with Crippen molar-refractivity contribution in [1.82, 2.24) is 14.7 Å². The normalized spacial score (nSPS) is 11.7. The third-order valence-corrected chi connectivity index (χ3v) is 2.78. The number of pyridine rings is 1. The molecule has 0 unspecified atom stereocenters. The lowest BCUT2D eigenvalue weighted by molar-refractivity contribution is 0.723. The number of nitrogens with two attached hydrogens (primary N) is 1. The molecule has 2 heterocycles. The fourth-order valence-electron chi connectivity index (χ4n) is 1.60. The van der Waals surface area contributed by atoms with Crippen LogP contribution >= 0.6 is 39.9 Å². The van der Waals surface area contributed by atoms with E-state index in [1.165, 1.54) is 0 Å². The number of aliphatic imine (C=N–C) groups is 1. The Labute approximate surface area is 137 Å². The van der Waals surface area contributed by atoms with Crippen molar-refractivity contribution < 1.29 is 0 Å². The van der Waals surface area contributed by atoms with Gasteiger partial charge >= 0.3 is 0 Å². The molecule has 3 N–H and O–H groups in total. The van der Waals surface area contributed by atoms with Gasteiger partial charge < -0.3 is 15.5 Å². The number of nitrogens with one attached hydrogen (secondary N) is 1. The number of imidazole rings is 1. The molecule has 2 aromatic heterocycles. The van der Waals surface area contributed by atoms with Crippen LogP contribution in [-0.4, -0.2) is 21.4 Å². The third kappa shape index (κ3) is 4.64. The van der Waals surface area contributed by atoms with Crippen LogP contribution in [0.25, 0.3) is 5.65 Å². The summed E-state index contributed by atoms with van der Waals surface area (Å²) in [5.74, 6) is 0.447. The SMILES string of the molecule is CC(C)NC(N)=NCc1cn2cc(Br)ccc2n1.I. The monoisotopic (exact) mass is 437 g/mol. The molecule has 19 heavy (non-hydrogen) atoms. The molecule has 2 aromatic rings. The van der Waals surface area contributed by atoms with Crippen LogP contribution in [0.4, 0.5) is 0 Å². The summed E-state index contributed by atoms with van der Waals surface area (Å²) < 4.78 is 2.98. The van der Waals surface area contributed by atoms with Gasteiger partial charge in [0, 0.05) is 22.9 Å². The standard InChI is InChI=1S/C12H16BrN5.HI/c1-8(2)16-12(14)15-5-10-7-18-6-9(13)3-4-11(18)17-10;/h3-4,6-8H,5H2,1-2H3,(H3,14,15,16);1H. The summed E-state index contributed by atoms with van der Waals surface area (Å²) in [5, 5.41) is 3.04. The van der Waals surface area contributed by atoms with Crippen LogP contribution in [0, 0.1) is 0 Å². The first-order valence-corrected chi connectivity index (χ1v) is 6.53. The highest BCUT2D eigenvalue weighted by molar-refractivity contribution is 14.0. The highest BCUT2D eigenvalue weighted by Crippen LogP contribution is 2.12. The predicted octanol–water partition coefficient (Wildman–Crippen LogP) is 2.53. The fourth-order valence-corrected chi connectivity index (χ4v) is 1.95. The lowest BCUT2D eigenvalue weighted by atomic mass is 10.4. The molecule has 0 aliphatic carbocycles. The Morgan fingerprint density at radius 3 is 2.89 bits per heavy atom. The highest BCUT2D eigenvalue weighted by atomic mass is 127. The largest absolute Gasteiger partial charge is 0.370 e. The van der Waals surface area contributed by atoms with E-state index in [-0.39, 0.29) is 30.0 Å². The number of hydrogen-bond donors (Lipinski definition) is 2. The maximum atomic E-state index is 5.74.